The number of amides is 1. The summed E-state index contributed by atoms with van der Waals surface area (Å²) in [5.74, 6) is 1.55. The highest BCUT2D eigenvalue weighted by molar-refractivity contribution is 5.76. The molecule has 0 aliphatic carbocycles. The van der Waals surface area contributed by atoms with Gasteiger partial charge in [0.2, 0.25) is 5.91 Å². The van der Waals surface area contributed by atoms with E-state index in [9.17, 15) is 9.18 Å². The largest absolute Gasteiger partial charge is 0.493 e. The molecule has 1 unspecified atom stereocenters. The maximum absolute atomic E-state index is 13.4. The van der Waals surface area contributed by atoms with E-state index in [1.54, 1.807) is 14.2 Å². The molecule has 5 nitrogen and oxygen atoms in total. The fraction of sp³-hybridized carbons (Fsp3) is 0.480. The first-order valence-electron chi connectivity index (χ1n) is 11.0. The summed E-state index contributed by atoms with van der Waals surface area (Å²) in [5.41, 5.74) is 3.46. The van der Waals surface area contributed by atoms with Crippen LogP contribution in [0.1, 0.15) is 49.9 Å². The molecule has 31 heavy (non-hydrogen) atoms. The summed E-state index contributed by atoms with van der Waals surface area (Å²) in [4.78, 5) is 13.9. The van der Waals surface area contributed by atoms with Gasteiger partial charge in [0.25, 0.3) is 0 Å². The zero-order valence-electron chi connectivity index (χ0n) is 19.1. The number of quaternary nitrogens is 1. The Hall–Kier alpha value is -2.60. The second-order valence-electron chi connectivity index (χ2n) is 8.80. The van der Waals surface area contributed by atoms with E-state index in [1.807, 2.05) is 32.0 Å². The van der Waals surface area contributed by atoms with Crippen LogP contribution in [0.4, 0.5) is 4.39 Å². The SMILES string of the molecule is COc1cc2c(cc1OC)[C@@H]([C@H](C)NC(=O)CC(C)C)[NH+](Cc1ccc(F)cc1)CC2. The molecule has 1 amide bonds. The van der Waals surface area contributed by atoms with Crippen LogP contribution in [0.15, 0.2) is 36.4 Å². The molecular formula is C25H34FN2O3+. The standard InChI is InChI=1S/C25H33FN2O3/c1-16(2)12-24(29)27-17(3)25-21-14-23(31-5)22(30-4)13-19(21)10-11-28(25)15-18-6-8-20(26)9-7-18/h6-9,13-14,16-17,25H,10-12,15H2,1-5H3,(H,27,29)/p+1/t17-,25+/m0/s1. The van der Waals surface area contributed by atoms with Gasteiger partial charge in [-0.15, -0.1) is 0 Å². The van der Waals surface area contributed by atoms with Gasteiger partial charge in [-0.25, -0.2) is 4.39 Å². The first kappa shape index (κ1) is 23.1. The van der Waals surface area contributed by atoms with E-state index < -0.39 is 0 Å². The Balaban J connectivity index is 1.95. The quantitative estimate of drug-likeness (QED) is 0.678. The molecule has 0 aromatic heterocycles. The number of methoxy groups -OCH3 is 2. The number of hydrogen-bond donors (Lipinski definition) is 2. The molecular weight excluding hydrogens is 395 g/mol. The minimum atomic E-state index is -0.231. The van der Waals surface area contributed by atoms with Crippen LogP contribution < -0.4 is 19.7 Å². The van der Waals surface area contributed by atoms with E-state index in [2.05, 4.69) is 18.3 Å². The van der Waals surface area contributed by atoms with Crippen LogP contribution in [0.25, 0.3) is 0 Å². The molecule has 2 N–H and O–H groups in total. The molecule has 3 rings (SSSR count). The number of halogens is 1. The molecule has 6 heteroatoms. The Bertz CT molecular complexity index is 898. The van der Waals surface area contributed by atoms with Gasteiger partial charge in [0.15, 0.2) is 11.5 Å². The number of nitrogens with one attached hydrogen (secondary N) is 2. The van der Waals surface area contributed by atoms with Crippen molar-refractivity contribution in [3.05, 3.63) is 58.9 Å². The molecule has 0 bridgehead atoms. The first-order chi connectivity index (χ1) is 14.8. The Kier molecular flexibility index (Phi) is 7.55. The number of benzene rings is 2. The van der Waals surface area contributed by atoms with E-state index in [0.29, 0.717) is 18.1 Å². The Labute approximate surface area is 184 Å². The van der Waals surface area contributed by atoms with Crippen molar-refractivity contribution in [3.63, 3.8) is 0 Å². The Morgan fingerprint density at radius 3 is 2.39 bits per heavy atom. The lowest BCUT2D eigenvalue weighted by atomic mass is 9.87. The third-order valence-electron chi connectivity index (χ3n) is 5.96. The number of carbonyl (C=O) groups excluding carboxylic acids is 1. The smallest absolute Gasteiger partial charge is 0.220 e. The molecule has 1 aliphatic heterocycles. The van der Waals surface area contributed by atoms with Crippen molar-refractivity contribution in [2.24, 2.45) is 5.92 Å². The van der Waals surface area contributed by atoms with Crippen molar-refractivity contribution in [2.45, 2.75) is 52.2 Å². The normalized spacial score (nSPS) is 18.9. The summed E-state index contributed by atoms with van der Waals surface area (Å²) >= 11 is 0. The highest BCUT2D eigenvalue weighted by Crippen LogP contribution is 2.35. The van der Waals surface area contributed by atoms with Crippen molar-refractivity contribution in [1.29, 1.82) is 0 Å². The molecule has 0 fully saturated rings. The molecule has 168 valence electrons. The van der Waals surface area contributed by atoms with Crippen LogP contribution in [0, 0.1) is 11.7 Å². The van der Waals surface area contributed by atoms with E-state index in [-0.39, 0.29) is 23.8 Å². The zero-order chi connectivity index (χ0) is 22.5. The average molecular weight is 430 g/mol. The summed E-state index contributed by atoms with van der Waals surface area (Å²) in [6.07, 6.45) is 1.40. The van der Waals surface area contributed by atoms with Crippen molar-refractivity contribution < 1.29 is 23.6 Å². The van der Waals surface area contributed by atoms with Crippen molar-refractivity contribution in [3.8, 4) is 11.5 Å². The van der Waals surface area contributed by atoms with Crippen molar-refractivity contribution in [1.82, 2.24) is 5.32 Å². The van der Waals surface area contributed by atoms with Crippen LogP contribution in [0.3, 0.4) is 0 Å². The van der Waals surface area contributed by atoms with Crippen LogP contribution in [0.2, 0.25) is 0 Å². The minimum Gasteiger partial charge on any atom is -0.493 e. The maximum Gasteiger partial charge on any atom is 0.220 e. The molecule has 3 atom stereocenters. The van der Waals surface area contributed by atoms with Gasteiger partial charge in [-0.3, -0.25) is 4.79 Å². The number of rotatable bonds is 8. The van der Waals surface area contributed by atoms with E-state index in [4.69, 9.17) is 9.47 Å². The lowest BCUT2D eigenvalue weighted by molar-refractivity contribution is -0.948. The van der Waals surface area contributed by atoms with Crippen LogP contribution in [-0.2, 0) is 17.8 Å². The lowest BCUT2D eigenvalue weighted by Gasteiger charge is -2.38. The lowest BCUT2D eigenvalue weighted by Crippen LogP contribution is -3.13. The molecule has 1 aliphatic rings. The predicted molar refractivity (Wildman–Crippen MR) is 119 cm³/mol. The van der Waals surface area contributed by atoms with E-state index in [0.717, 1.165) is 30.8 Å². The number of carbonyl (C=O) groups is 1. The number of ether oxygens (including phenoxy) is 2. The molecule has 0 spiro atoms. The summed E-state index contributed by atoms with van der Waals surface area (Å²) in [6.45, 7) is 7.82. The van der Waals surface area contributed by atoms with E-state index >= 15 is 0 Å². The third-order valence-corrected chi connectivity index (χ3v) is 5.96. The molecule has 1 heterocycles. The Morgan fingerprint density at radius 2 is 1.77 bits per heavy atom. The molecule has 2 aromatic rings. The van der Waals surface area contributed by atoms with Gasteiger partial charge in [0, 0.05) is 24.0 Å². The fourth-order valence-corrected chi connectivity index (χ4v) is 4.57. The summed E-state index contributed by atoms with van der Waals surface area (Å²) < 4.78 is 24.5. The Morgan fingerprint density at radius 1 is 1.13 bits per heavy atom. The van der Waals surface area contributed by atoms with Gasteiger partial charge < -0.3 is 19.7 Å². The van der Waals surface area contributed by atoms with Gasteiger partial charge in [-0.1, -0.05) is 26.0 Å². The molecule has 0 saturated heterocycles. The summed E-state index contributed by atoms with van der Waals surface area (Å²) in [5, 5.41) is 3.22. The van der Waals surface area contributed by atoms with Crippen molar-refractivity contribution in [2.75, 3.05) is 20.8 Å². The maximum atomic E-state index is 13.4. The van der Waals surface area contributed by atoms with Crippen molar-refractivity contribution >= 4 is 5.91 Å². The van der Waals surface area contributed by atoms with Crippen LogP contribution >= 0.6 is 0 Å². The zero-order valence-corrected chi connectivity index (χ0v) is 19.1. The molecule has 0 saturated carbocycles. The van der Waals surface area contributed by atoms with Crippen LogP contribution in [-0.4, -0.2) is 32.7 Å². The predicted octanol–water partition coefficient (Wildman–Crippen LogP) is 3.08. The summed E-state index contributed by atoms with van der Waals surface area (Å²) in [6, 6.07) is 10.8. The van der Waals surface area contributed by atoms with Gasteiger partial charge in [0.1, 0.15) is 18.4 Å². The summed E-state index contributed by atoms with van der Waals surface area (Å²) in [7, 11) is 3.28. The van der Waals surface area contributed by atoms with Crippen LogP contribution in [0.5, 0.6) is 11.5 Å². The number of hydrogen-bond acceptors (Lipinski definition) is 3. The topological polar surface area (TPSA) is 52.0 Å². The number of fused-ring (bicyclic) bond motifs is 1. The van der Waals surface area contributed by atoms with Gasteiger partial charge in [-0.2, -0.15) is 0 Å². The first-order valence-corrected chi connectivity index (χ1v) is 11.0. The second-order valence-corrected chi connectivity index (χ2v) is 8.80. The van der Waals surface area contributed by atoms with Gasteiger partial charge in [0.05, 0.1) is 26.8 Å². The third kappa shape index (κ3) is 5.56. The molecule has 2 aromatic carbocycles. The minimum absolute atomic E-state index is 0.0460. The van der Waals surface area contributed by atoms with Gasteiger partial charge in [-0.05, 0) is 42.7 Å². The second kappa shape index (κ2) is 10.1. The fourth-order valence-electron chi connectivity index (χ4n) is 4.57. The highest BCUT2D eigenvalue weighted by Gasteiger charge is 2.37. The monoisotopic (exact) mass is 429 g/mol. The van der Waals surface area contributed by atoms with Gasteiger partial charge >= 0.3 is 0 Å². The van der Waals surface area contributed by atoms with E-state index in [1.165, 1.54) is 28.2 Å². The highest BCUT2D eigenvalue weighted by atomic mass is 19.1. The average Bonchev–Trinajstić information content (AvgIpc) is 2.73. The molecule has 0 radical (unpaired) electrons.